The molecule has 0 amide bonds. The molecule has 0 aromatic rings. The van der Waals surface area contributed by atoms with E-state index in [-0.39, 0.29) is 5.41 Å². The van der Waals surface area contributed by atoms with Crippen LogP contribution in [0.3, 0.4) is 0 Å². The Kier molecular flexibility index (Phi) is 1.59. The molecule has 10 heavy (non-hydrogen) atoms. The molecule has 0 unspecified atom stereocenters. The minimum Gasteiger partial charge on any atom is -0.390 e. The van der Waals surface area contributed by atoms with Crippen molar-refractivity contribution in [2.75, 3.05) is 0 Å². The monoisotopic (exact) mass is 142 g/mol. The molecule has 1 N–H and O–H groups in total. The van der Waals surface area contributed by atoms with Crippen LogP contribution in [0.1, 0.15) is 33.1 Å². The number of aldehydes is 1. The number of carbonyl (C=O) groups excluding carboxylic acids is 1. The normalized spacial score (nSPS) is 22.3. The van der Waals surface area contributed by atoms with Gasteiger partial charge in [-0.05, 0) is 33.1 Å². The maximum absolute atomic E-state index is 10.5. The lowest BCUT2D eigenvalue weighted by Crippen LogP contribution is -2.24. The van der Waals surface area contributed by atoms with Crippen LogP contribution in [-0.4, -0.2) is 17.0 Å². The van der Waals surface area contributed by atoms with Gasteiger partial charge in [0.15, 0.2) is 0 Å². The van der Waals surface area contributed by atoms with Gasteiger partial charge < -0.3 is 9.90 Å². The largest absolute Gasteiger partial charge is 0.390 e. The number of hydrogen-bond acceptors (Lipinski definition) is 2. The van der Waals surface area contributed by atoms with E-state index in [1.54, 1.807) is 13.8 Å². The molecule has 2 heteroatoms. The van der Waals surface area contributed by atoms with E-state index in [2.05, 4.69) is 0 Å². The van der Waals surface area contributed by atoms with Crippen molar-refractivity contribution < 1.29 is 9.90 Å². The summed E-state index contributed by atoms with van der Waals surface area (Å²) in [6.45, 7) is 3.49. The average molecular weight is 142 g/mol. The van der Waals surface area contributed by atoms with Crippen molar-refractivity contribution in [3.8, 4) is 0 Å². The third kappa shape index (κ3) is 1.81. The highest BCUT2D eigenvalue weighted by molar-refractivity contribution is 5.63. The first-order valence-electron chi connectivity index (χ1n) is 3.66. The summed E-state index contributed by atoms with van der Waals surface area (Å²) in [6, 6.07) is 0. The Balaban J connectivity index is 2.45. The van der Waals surface area contributed by atoms with E-state index in [0.29, 0.717) is 6.42 Å². The smallest absolute Gasteiger partial charge is 0.126 e. The molecule has 0 heterocycles. The SMILES string of the molecule is CC(C)(O)CC1(C=O)CC1. The van der Waals surface area contributed by atoms with Gasteiger partial charge in [0.1, 0.15) is 6.29 Å². The summed E-state index contributed by atoms with van der Waals surface area (Å²) in [5, 5.41) is 9.37. The van der Waals surface area contributed by atoms with Gasteiger partial charge in [-0.25, -0.2) is 0 Å². The van der Waals surface area contributed by atoms with Crippen molar-refractivity contribution in [3.63, 3.8) is 0 Å². The first-order valence-corrected chi connectivity index (χ1v) is 3.66. The van der Waals surface area contributed by atoms with E-state index in [1.165, 1.54) is 0 Å². The summed E-state index contributed by atoms with van der Waals surface area (Å²) in [7, 11) is 0. The Morgan fingerprint density at radius 3 is 2.20 bits per heavy atom. The van der Waals surface area contributed by atoms with E-state index >= 15 is 0 Å². The first kappa shape index (κ1) is 7.73. The molecule has 0 aliphatic heterocycles. The van der Waals surface area contributed by atoms with Crippen LogP contribution in [0.4, 0.5) is 0 Å². The Hall–Kier alpha value is -0.370. The Morgan fingerprint density at radius 2 is 2.10 bits per heavy atom. The summed E-state index contributed by atoms with van der Waals surface area (Å²) >= 11 is 0. The molecular weight excluding hydrogens is 128 g/mol. The molecule has 1 aliphatic carbocycles. The van der Waals surface area contributed by atoms with E-state index in [9.17, 15) is 9.90 Å². The van der Waals surface area contributed by atoms with Crippen LogP contribution in [0.15, 0.2) is 0 Å². The lowest BCUT2D eigenvalue weighted by atomic mass is 9.92. The topological polar surface area (TPSA) is 37.3 Å². The Bertz CT molecular complexity index is 140. The van der Waals surface area contributed by atoms with E-state index in [0.717, 1.165) is 19.1 Å². The van der Waals surface area contributed by atoms with Crippen molar-refractivity contribution >= 4 is 6.29 Å². The second kappa shape index (κ2) is 2.06. The zero-order chi connectivity index (χ0) is 7.83. The fraction of sp³-hybridized carbons (Fsp3) is 0.875. The van der Waals surface area contributed by atoms with Crippen LogP contribution in [0.5, 0.6) is 0 Å². The molecule has 0 atom stereocenters. The molecule has 0 radical (unpaired) electrons. The van der Waals surface area contributed by atoms with Gasteiger partial charge in [-0.3, -0.25) is 0 Å². The highest BCUT2D eigenvalue weighted by Crippen LogP contribution is 2.49. The maximum atomic E-state index is 10.5. The highest BCUT2D eigenvalue weighted by Gasteiger charge is 2.45. The number of carbonyl (C=O) groups is 1. The number of hydrogen-bond donors (Lipinski definition) is 1. The molecule has 1 fully saturated rings. The van der Waals surface area contributed by atoms with Crippen LogP contribution in [0.25, 0.3) is 0 Å². The lowest BCUT2D eigenvalue weighted by molar-refractivity contribution is -0.114. The molecule has 0 aromatic carbocycles. The number of rotatable bonds is 3. The highest BCUT2D eigenvalue weighted by atomic mass is 16.3. The third-order valence-corrected chi connectivity index (χ3v) is 1.93. The summed E-state index contributed by atoms with van der Waals surface area (Å²) in [5.74, 6) is 0. The van der Waals surface area contributed by atoms with Crippen LogP contribution in [0, 0.1) is 5.41 Å². The quantitative estimate of drug-likeness (QED) is 0.600. The second-order valence-electron chi connectivity index (χ2n) is 3.97. The van der Waals surface area contributed by atoms with E-state index < -0.39 is 5.60 Å². The summed E-state index contributed by atoms with van der Waals surface area (Å²) in [5.41, 5.74) is -0.838. The zero-order valence-corrected chi connectivity index (χ0v) is 6.55. The molecule has 0 spiro atoms. The van der Waals surface area contributed by atoms with E-state index in [1.807, 2.05) is 0 Å². The zero-order valence-electron chi connectivity index (χ0n) is 6.55. The molecule has 0 aromatic heterocycles. The van der Waals surface area contributed by atoms with Gasteiger partial charge in [-0.15, -0.1) is 0 Å². The van der Waals surface area contributed by atoms with Crippen molar-refractivity contribution in [2.24, 2.45) is 5.41 Å². The second-order valence-corrected chi connectivity index (χ2v) is 3.97. The molecule has 1 aliphatic rings. The fourth-order valence-electron chi connectivity index (χ4n) is 1.36. The molecular formula is C8H14O2. The Labute approximate surface area is 61.2 Å². The van der Waals surface area contributed by atoms with Gasteiger partial charge in [0.25, 0.3) is 0 Å². The van der Waals surface area contributed by atoms with Gasteiger partial charge in [-0.2, -0.15) is 0 Å². The molecule has 2 nitrogen and oxygen atoms in total. The molecule has 58 valence electrons. The van der Waals surface area contributed by atoms with Crippen LogP contribution in [0.2, 0.25) is 0 Å². The van der Waals surface area contributed by atoms with Crippen LogP contribution >= 0.6 is 0 Å². The number of aliphatic hydroxyl groups is 1. The third-order valence-electron chi connectivity index (χ3n) is 1.93. The molecule has 0 saturated heterocycles. The standard InChI is InChI=1S/C8H14O2/c1-7(2,10)5-8(6-9)3-4-8/h6,10H,3-5H2,1-2H3. The predicted octanol–water partition coefficient (Wildman–Crippen LogP) is 1.13. The van der Waals surface area contributed by atoms with Crippen molar-refractivity contribution in [1.29, 1.82) is 0 Å². The average Bonchev–Trinajstić information content (AvgIpc) is 2.45. The summed E-state index contributed by atoms with van der Waals surface area (Å²) < 4.78 is 0. The van der Waals surface area contributed by atoms with Crippen molar-refractivity contribution in [2.45, 2.75) is 38.7 Å². The van der Waals surface area contributed by atoms with E-state index in [4.69, 9.17) is 0 Å². The maximum Gasteiger partial charge on any atom is 0.126 e. The summed E-state index contributed by atoms with van der Waals surface area (Å²) in [4.78, 5) is 10.5. The molecule has 1 rings (SSSR count). The minimum atomic E-state index is -0.683. The van der Waals surface area contributed by atoms with Gasteiger partial charge in [-0.1, -0.05) is 0 Å². The Morgan fingerprint density at radius 1 is 1.60 bits per heavy atom. The predicted molar refractivity (Wildman–Crippen MR) is 38.6 cm³/mol. The van der Waals surface area contributed by atoms with Gasteiger partial charge in [0.2, 0.25) is 0 Å². The van der Waals surface area contributed by atoms with Crippen molar-refractivity contribution in [1.82, 2.24) is 0 Å². The van der Waals surface area contributed by atoms with Gasteiger partial charge in [0, 0.05) is 5.41 Å². The molecule has 1 saturated carbocycles. The lowest BCUT2D eigenvalue weighted by Gasteiger charge is -2.20. The minimum absolute atomic E-state index is 0.155. The van der Waals surface area contributed by atoms with Gasteiger partial charge >= 0.3 is 0 Å². The fourth-order valence-corrected chi connectivity index (χ4v) is 1.36. The molecule has 0 bridgehead atoms. The van der Waals surface area contributed by atoms with Crippen molar-refractivity contribution in [3.05, 3.63) is 0 Å². The first-order chi connectivity index (χ1) is 4.47. The summed E-state index contributed by atoms with van der Waals surface area (Å²) in [6.07, 6.45) is 3.52. The van der Waals surface area contributed by atoms with Crippen LogP contribution < -0.4 is 0 Å². The van der Waals surface area contributed by atoms with Gasteiger partial charge in [0.05, 0.1) is 5.60 Å². The van der Waals surface area contributed by atoms with Crippen LogP contribution in [-0.2, 0) is 4.79 Å².